The molecule has 136 valence electrons. The van der Waals surface area contributed by atoms with E-state index in [0.717, 1.165) is 36.8 Å². The molecule has 0 aromatic heterocycles. The zero-order valence-corrected chi connectivity index (χ0v) is 15.6. The Morgan fingerprint density at radius 2 is 2.24 bits per heavy atom. The number of carbonyl (C=O) groups is 2. The van der Waals surface area contributed by atoms with Crippen molar-refractivity contribution in [3.63, 3.8) is 0 Å². The summed E-state index contributed by atoms with van der Waals surface area (Å²) < 4.78 is 14.3. The van der Waals surface area contributed by atoms with Crippen molar-refractivity contribution in [2.24, 2.45) is 11.7 Å². The van der Waals surface area contributed by atoms with Gasteiger partial charge in [-0.15, -0.1) is 0 Å². The van der Waals surface area contributed by atoms with Crippen LogP contribution in [0.3, 0.4) is 0 Å². The van der Waals surface area contributed by atoms with Crippen LogP contribution in [0, 0.1) is 11.7 Å². The summed E-state index contributed by atoms with van der Waals surface area (Å²) in [5, 5.41) is 2.78. The molecule has 1 atom stereocenters. The van der Waals surface area contributed by atoms with Crippen molar-refractivity contribution in [2.75, 3.05) is 26.2 Å². The molecule has 1 aromatic carbocycles. The highest BCUT2D eigenvalue weighted by Gasteiger charge is 2.23. The SMILES string of the molecule is NC(=O)C1CCCN(CCCNC(=O)/C=C/c2cc(Br)ccc2F)C1. The average Bonchev–Trinajstić information content (AvgIpc) is 2.59. The van der Waals surface area contributed by atoms with Crippen molar-refractivity contribution < 1.29 is 14.0 Å². The van der Waals surface area contributed by atoms with E-state index in [9.17, 15) is 14.0 Å². The normalized spacial score (nSPS) is 18.4. The van der Waals surface area contributed by atoms with Gasteiger partial charge in [0.15, 0.2) is 0 Å². The molecule has 1 heterocycles. The molecule has 5 nitrogen and oxygen atoms in total. The van der Waals surface area contributed by atoms with Crippen molar-refractivity contribution in [1.29, 1.82) is 0 Å². The first-order valence-electron chi connectivity index (χ1n) is 8.38. The summed E-state index contributed by atoms with van der Waals surface area (Å²) in [6.07, 6.45) is 5.41. The zero-order chi connectivity index (χ0) is 18.2. The van der Waals surface area contributed by atoms with Gasteiger partial charge in [0.2, 0.25) is 11.8 Å². The number of halogens is 2. The molecule has 0 radical (unpaired) electrons. The van der Waals surface area contributed by atoms with Gasteiger partial charge < -0.3 is 16.0 Å². The molecule has 0 saturated carbocycles. The molecule has 1 unspecified atom stereocenters. The molecule has 2 rings (SSSR count). The van der Waals surface area contributed by atoms with Crippen LogP contribution < -0.4 is 11.1 Å². The number of primary amides is 1. The second kappa shape index (κ2) is 9.68. The Hall–Kier alpha value is -1.73. The molecule has 1 saturated heterocycles. The van der Waals surface area contributed by atoms with Gasteiger partial charge in [-0.1, -0.05) is 15.9 Å². The largest absolute Gasteiger partial charge is 0.369 e. The number of likely N-dealkylation sites (tertiary alicyclic amines) is 1. The summed E-state index contributed by atoms with van der Waals surface area (Å²) in [7, 11) is 0. The Bertz CT molecular complexity index is 651. The van der Waals surface area contributed by atoms with E-state index < -0.39 is 0 Å². The third-order valence-corrected chi connectivity index (χ3v) is 4.72. The van der Waals surface area contributed by atoms with Crippen LogP contribution in [0.2, 0.25) is 0 Å². The average molecular weight is 412 g/mol. The number of nitrogens with one attached hydrogen (secondary N) is 1. The van der Waals surface area contributed by atoms with E-state index in [1.165, 1.54) is 18.2 Å². The highest BCUT2D eigenvalue weighted by molar-refractivity contribution is 9.10. The number of nitrogens with zero attached hydrogens (tertiary/aromatic N) is 1. The lowest BCUT2D eigenvalue weighted by Gasteiger charge is -2.31. The van der Waals surface area contributed by atoms with Crippen LogP contribution in [0.5, 0.6) is 0 Å². The van der Waals surface area contributed by atoms with Gasteiger partial charge in [-0.2, -0.15) is 0 Å². The molecule has 2 amide bonds. The second-order valence-corrected chi connectivity index (χ2v) is 7.10. The molecule has 0 bridgehead atoms. The Morgan fingerprint density at radius 1 is 1.44 bits per heavy atom. The Morgan fingerprint density at radius 3 is 3.00 bits per heavy atom. The Kier molecular flexibility index (Phi) is 7.58. The van der Waals surface area contributed by atoms with E-state index in [4.69, 9.17) is 5.73 Å². The third kappa shape index (κ3) is 6.59. The third-order valence-electron chi connectivity index (χ3n) is 4.23. The van der Waals surface area contributed by atoms with Crippen LogP contribution in [0.15, 0.2) is 28.7 Å². The van der Waals surface area contributed by atoms with Gasteiger partial charge in [-0.25, -0.2) is 4.39 Å². The molecule has 1 aromatic rings. The fourth-order valence-electron chi connectivity index (χ4n) is 2.87. The first kappa shape index (κ1) is 19.6. The summed E-state index contributed by atoms with van der Waals surface area (Å²) in [5.74, 6) is -0.927. The van der Waals surface area contributed by atoms with Crippen LogP contribution in [0.25, 0.3) is 6.08 Å². The number of nitrogens with two attached hydrogens (primary N) is 1. The molecule has 25 heavy (non-hydrogen) atoms. The van der Waals surface area contributed by atoms with Crippen LogP contribution >= 0.6 is 15.9 Å². The molecule has 7 heteroatoms. The standard InChI is InChI=1S/C18H23BrFN3O2/c19-15-5-6-16(20)13(11-15)4-7-17(24)22-8-2-10-23-9-1-3-14(12-23)18(21)25/h4-7,11,14H,1-3,8-10,12H2,(H2,21,25)(H,22,24)/b7-4+. The van der Waals surface area contributed by atoms with Crippen molar-refractivity contribution in [3.8, 4) is 0 Å². The van der Waals surface area contributed by atoms with Gasteiger partial charge in [0.05, 0.1) is 5.92 Å². The summed E-state index contributed by atoms with van der Waals surface area (Å²) in [6, 6.07) is 4.57. The van der Waals surface area contributed by atoms with Crippen molar-refractivity contribution >= 4 is 33.8 Å². The summed E-state index contributed by atoms with van der Waals surface area (Å²) in [5.41, 5.74) is 5.72. The number of hydrogen-bond acceptors (Lipinski definition) is 3. The highest BCUT2D eigenvalue weighted by Crippen LogP contribution is 2.17. The van der Waals surface area contributed by atoms with Crippen molar-refractivity contribution in [1.82, 2.24) is 10.2 Å². The topological polar surface area (TPSA) is 75.4 Å². The van der Waals surface area contributed by atoms with Gasteiger partial charge in [-0.05, 0) is 56.6 Å². The Balaban J connectivity index is 1.69. The molecule has 1 fully saturated rings. The quantitative estimate of drug-likeness (QED) is 0.533. The minimum absolute atomic E-state index is 0.0635. The second-order valence-electron chi connectivity index (χ2n) is 6.19. The lowest BCUT2D eigenvalue weighted by molar-refractivity contribution is -0.123. The molecule has 3 N–H and O–H groups in total. The fourth-order valence-corrected chi connectivity index (χ4v) is 3.25. The number of carbonyl (C=O) groups excluding carboxylic acids is 2. The fraction of sp³-hybridized carbons (Fsp3) is 0.444. The van der Waals surface area contributed by atoms with Gasteiger partial charge >= 0.3 is 0 Å². The monoisotopic (exact) mass is 411 g/mol. The van der Waals surface area contributed by atoms with Gasteiger partial charge in [0, 0.05) is 29.2 Å². The van der Waals surface area contributed by atoms with E-state index in [2.05, 4.69) is 26.1 Å². The minimum Gasteiger partial charge on any atom is -0.369 e. The lowest BCUT2D eigenvalue weighted by Crippen LogP contribution is -2.42. The molecular formula is C18H23BrFN3O2. The molecule has 0 spiro atoms. The van der Waals surface area contributed by atoms with E-state index in [0.29, 0.717) is 18.7 Å². The van der Waals surface area contributed by atoms with Gasteiger partial charge in [0.1, 0.15) is 5.82 Å². The van der Waals surface area contributed by atoms with E-state index in [-0.39, 0.29) is 23.5 Å². The van der Waals surface area contributed by atoms with E-state index in [1.54, 1.807) is 12.1 Å². The first-order chi connectivity index (χ1) is 12.0. The Labute approximate surface area is 155 Å². The lowest BCUT2D eigenvalue weighted by atomic mass is 9.97. The molecule has 1 aliphatic heterocycles. The van der Waals surface area contributed by atoms with Crippen LogP contribution in [-0.2, 0) is 9.59 Å². The number of benzene rings is 1. The van der Waals surface area contributed by atoms with E-state index >= 15 is 0 Å². The molecule has 1 aliphatic rings. The van der Waals surface area contributed by atoms with E-state index in [1.807, 2.05) is 0 Å². The smallest absolute Gasteiger partial charge is 0.244 e. The number of hydrogen-bond donors (Lipinski definition) is 2. The van der Waals surface area contributed by atoms with Crippen molar-refractivity contribution in [2.45, 2.75) is 19.3 Å². The summed E-state index contributed by atoms with van der Waals surface area (Å²) >= 11 is 3.27. The minimum atomic E-state index is -0.374. The zero-order valence-electron chi connectivity index (χ0n) is 14.0. The predicted octanol–water partition coefficient (Wildman–Crippen LogP) is 2.30. The first-order valence-corrected chi connectivity index (χ1v) is 9.17. The number of piperidine rings is 1. The highest BCUT2D eigenvalue weighted by atomic mass is 79.9. The summed E-state index contributed by atoms with van der Waals surface area (Å²) in [4.78, 5) is 25.3. The van der Waals surface area contributed by atoms with Crippen LogP contribution in [0.4, 0.5) is 4.39 Å². The van der Waals surface area contributed by atoms with Crippen LogP contribution in [0.1, 0.15) is 24.8 Å². The van der Waals surface area contributed by atoms with Crippen LogP contribution in [-0.4, -0.2) is 42.9 Å². The maximum atomic E-state index is 13.6. The maximum absolute atomic E-state index is 13.6. The number of amides is 2. The van der Waals surface area contributed by atoms with Crippen molar-refractivity contribution in [3.05, 3.63) is 40.1 Å². The molecule has 0 aliphatic carbocycles. The number of rotatable bonds is 7. The predicted molar refractivity (Wildman–Crippen MR) is 99.1 cm³/mol. The molecular weight excluding hydrogens is 389 g/mol. The van der Waals surface area contributed by atoms with Gasteiger partial charge in [0.25, 0.3) is 0 Å². The summed E-state index contributed by atoms with van der Waals surface area (Å²) in [6.45, 7) is 3.00. The maximum Gasteiger partial charge on any atom is 0.244 e. The van der Waals surface area contributed by atoms with Gasteiger partial charge in [-0.3, -0.25) is 9.59 Å².